The van der Waals surface area contributed by atoms with E-state index in [-0.39, 0.29) is 13.0 Å². The molecule has 0 aromatic heterocycles. The Hall–Kier alpha value is -3.25. The van der Waals surface area contributed by atoms with E-state index in [4.69, 9.17) is 18.9 Å². The van der Waals surface area contributed by atoms with Crippen LogP contribution in [0.4, 0.5) is 4.79 Å². The molecule has 9 nitrogen and oxygen atoms in total. The fraction of sp³-hybridized carbons (Fsp3) is 0.542. The number of benzene rings is 1. The molecule has 1 N–H and O–H groups in total. The highest BCUT2D eigenvalue weighted by Crippen LogP contribution is 2.35. The molecule has 1 aromatic rings. The van der Waals surface area contributed by atoms with Crippen molar-refractivity contribution in [2.24, 2.45) is 5.92 Å². The highest BCUT2D eigenvalue weighted by molar-refractivity contribution is 5.81. The molecule has 4 atom stereocenters. The molecule has 0 radical (unpaired) electrons. The Morgan fingerprint density at radius 1 is 1.15 bits per heavy atom. The average Bonchev–Trinajstić information content (AvgIpc) is 3.31. The van der Waals surface area contributed by atoms with Crippen LogP contribution in [0.1, 0.15) is 44.4 Å². The van der Waals surface area contributed by atoms with Crippen molar-refractivity contribution in [3.63, 3.8) is 0 Å². The van der Waals surface area contributed by atoms with E-state index in [1.807, 2.05) is 18.2 Å². The monoisotopic (exact) mass is 458 g/mol. The van der Waals surface area contributed by atoms with Gasteiger partial charge >= 0.3 is 18.0 Å². The van der Waals surface area contributed by atoms with Crippen molar-refractivity contribution in [3.05, 3.63) is 29.3 Å². The minimum absolute atomic E-state index is 0.256. The van der Waals surface area contributed by atoms with Crippen LogP contribution in [0.5, 0.6) is 5.75 Å². The number of esters is 2. The van der Waals surface area contributed by atoms with E-state index in [1.165, 1.54) is 14.2 Å². The van der Waals surface area contributed by atoms with Gasteiger partial charge in [0.1, 0.15) is 24.0 Å². The molecular weight excluding hydrogens is 428 g/mol. The number of nitrogens with zero attached hydrogens (tertiary/aromatic N) is 1. The fourth-order valence-corrected chi connectivity index (χ4v) is 4.10. The van der Waals surface area contributed by atoms with E-state index in [9.17, 15) is 14.4 Å². The van der Waals surface area contributed by atoms with Crippen molar-refractivity contribution in [2.75, 3.05) is 27.9 Å². The Labute approximate surface area is 193 Å². The Kier molecular flexibility index (Phi) is 7.18. The van der Waals surface area contributed by atoms with E-state index < -0.39 is 47.7 Å². The molecule has 178 valence electrons. The van der Waals surface area contributed by atoms with Gasteiger partial charge in [0.2, 0.25) is 0 Å². The summed E-state index contributed by atoms with van der Waals surface area (Å²) in [7, 11) is 4.36. The Morgan fingerprint density at radius 2 is 1.85 bits per heavy atom. The van der Waals surface area contributed by atoms with Crippen LogP contribution in [-0.4, -0.2) is 68.5 Å². The van der Waals surface area contributed by atoms with Crippen LogP contribution in [0.3, 0.4) is 0 Å². The van der Waals surface area contributed by atoms with Crippen LogP contribution in [-0.2, 0) is 23.8 Å². The molecule has 9 heteroatoms. The van der Waals surface area contributed by atoms with Crippen LogP contribution < -0.4 is 10.1 Å². The normalized spacial score (nSPS) is 24.1. The molecule has 1 fully saturated rings. The smallest absolute Gasteiger partial charge is 0.408 e. The number of carbonyl (C=O) groups excluding carboxylic acids is 3. The standard InChI is InChI=1S/C24H30N2O7/c1-24(2,3)33-23(29)25-16-13-32-19-9-7-8-14(20(16)19)10-11-17-15(21(27)30-5)12-18(26(17)4)22(28)31-6/h7-9,15-18H,12-13H2,1-6H3,(H,25,29)/t15-,16+,17+,18+/m1/s1. The summed E-state index contributed by atoms with van der Waals surface area (Å²) in [5.74, 6) is 5.43. The number of rotatable bonds is 3. The third-order valence-electron chi connectivity index (χ3n) is 5.63. The number of likely N-dealkylation sites (tertiary alicyclic amines) is 1. The summed E-state index contributed by atoms with van der Waals surface area (Å²) >= 11 is 0. The van der Waals surface area contributed by atoms with Gasteiger partial charge in [0.05, 0.1) is 32.2 Å². The second-order valence-corrected chi connectivity index (χ2v) is 9.01. The molecule has 0 bridgehead atoms. The minimum Gasteiger partial charge on any atom is -0.491 e. The lowest BCUT2D eigenvalue weighted by Crippen LogP contribution is -2.39. The molecule has 0 spiro atoms. The van der Waals surface area contributed by atoms with Crippen LogP contribution in [0.2, 0.25) is 0 Å². The first-order chi connectivity index (χ1) is 15.6. The molecule has 2 aliphatic heterocycles. The van der Waals surface area contributed by atoms with Crippen molar-refractivity contribution < 1.29 is 33.3 Å². The molecule has 0 aliphatic carbocycles. The van der Waals surface area contributed by atoms with E-state index in [0.717, 1.165) is 5.56 Å². The van der Waals surface area contributed by atoms with Crippen LogP contribution in [0, 0.1) is 17.8 Å². The van der Waals surface area contributed by atoms with E-state index >= 15 is 0 Å². The van der Waals surface area contributed by atoms with Crippen molar-refractivity contribution in [1.29, 1.82) is 0 Å². The quantitative estimate of drug-likeness (QED) is 0.417. The predicted octanol–water partition coefficient (Wildman–Crippen LogP) is 2.03. The summed E-state index contributed by atoms with van der Waals surface area (Å²) in [6.45, 7) is 5.63. The summed E-state index contributed by atoms with van der Waals surface area (Å²) in [6, 6.07) is 3.88. The van der Waals surface area contributed by atoms with Gasteiger partial charge < -0.3 is 24.3 Å². The maximum Gasteiger partial charge on any atom is 0.408 e. The van der Waals surface area contributed by atoms with Crippen LogP contribution in [0.15, 0.2) is 18.2 Å². The molecule has 1 aromatic carbocycles. The molecule has 2 heterocycles. The number of amides is 1. The fourth-order valence-electron chi connectivity index (χ4n) is 4.10. The van der Waals surface area contributed by atoms with E-state index in [2.05, 4.69) is 17.2 Å². The number of alkyl carbamates (subject to hydrolysis) is 1. The number of ether oxygens (including phenoxy) is 4. The maximum absolute atomic E-state index is 12.4. The number of carbonyl (C=O) groups is 3. The first kappa shape index (κ1) is 24.4. The molecule has 0 saturated carbocycles. The van der Waals surface area contributed by atoms with Gasteiger partial charge in [-0.2, -0.15) is 0 Å². The largest absolute Gasteiger partial charge is 0.491 e. The Morgan fingerprint density at radius 3 is 2.48 bits per heavy atom. The second-order valence-electron chi connectivity index (χ2n) is 9.01. The molecular formula is C24H30N2O7. The molecule has 0 unspecified atom stereocenters. The van der Waals surface area contributed by atoms with Gasteiger partial charge in [-0.25, -0.2) is 4.79 Å². The average molecular weight is 459 g/mol. The topological polar surface area (TPSA) is 103 Å². The molecule has 33 heavy (non-hydrogen) atoms. The number of nitrogens with one attached hydrogen (secondary N) is 1. The first-order valence-corrected chi connectivity index (χ1v) is 10.7. The lowest BCUT2D eigenvalue weighted by molar-refractivity contribution is -0.145. The number of hydrogen-bond acceptors (Lipinski definition) is 8. The number of hydrogen-bond donors (Lipinski definition) is 1. The lowest BCUT2D eigenvalue weighted by atomic mass is 9.97. The number of likely N-dealkylation sites (N-methyl/N-ethyl adjacent to an activating group) is 1. The summed E-state index contributed by atoms with van der Waals surface area (Å²) in [5.41, 5.74) is 0.776. The lowest BCUT2D eigenvalue weighted by Gasteiger charge is -2.22. The van der Waals surface area contributed by atoms with Crippen molar-refractivity contribution in [1.82, 2.24) is 10.2 Å². The highest BCUT2D eigenvalue weighted by Gasteiger charge is 2.46. The second kappa shape index (κ2) is 9.71. The van der Waals surface area contributed by atoms with Gasteiger partial charge in [-0.3, -0.25) is 14.5 Å². The summed E-state index contributed by atoms with van der Waals surface area (Å²) in [4.78, 5) is 38.6. The molecule has 3 rings (SSSR count). The van der Waals surface area contributed by atoms with Crippen molar-refractivity contribution in [3.8, 4) is 17.6 Å². The SMILES string of the molecule is COC(=O)[C@@H]1C[C@@H](C(=O)OC)N(C)[C@H]1C#Cc1cccc2c1[C@@H](NC(=O)OC(C)(C)C)CO2. The summed E-state index contributed by atoms with van der Waals surface area (Å²) in [5, 5.41) is 2.83. The van der Waals surface area contributed by atoms with Crippen LogP contribution in [0.25, 0.3) is 0 Å². The van der Waals surface area contributed by atoms with E-state index in [1.54, 1.807) is 32.7 Å². The number of fused-ring (bicyclic) bond motifs is 1. The van der Waals surface area contributed by atoms with Crippen molar-refractivity contribution in [2.45, 2.75) is 50.9 Å². The van der Waals surface area contributed by atoms with Gasteiger partial charge in [0.15, 0.2) is 0 Å². The van der Waals surface area contributed by atoms with Gasteiger partial charge in [0, 0.05) is 11.1 Å². The Balaban J connectivity index is 1.88. The zero-order chi connectivity index (χ0) is 24.3. The first-order valence-electron chi connectivity index (χ1n) is 10.7. The highest BCUT2D eigenvalue weighted by atomic mass is 16.6. The Bertz CT molecular complexity index is 989. The predicted molar refractivity (Wildman–Crippen MR) is 118 cm³/mol. The maximum atomic E-state index is 12.4. The zero-order valence-corrected chi connectivity index (χ0v) is 19.8. The zero-order valence-electron chi connectivity index (χ0n) is 19.8. The summed E-state index contributed by atoms with van der Waals surface area (Å²) < 4.78 is 20.9. The minimum atomic E-state index is -0.627. The van der Waals surface area contributed by atoms with Gasteiger partial charge in [-0.05, 0) is 46.4 Å². The van der Waals surface area contributed by atoms with Crippen LogP contribution >= 0.6 is 0 Å². The van der Waals surface area contributed by atoms with Gasteiger partial charge in [-0.1, -0.05) is 17.9 Å². The van der Waals surface area contributed by atoms with Crippen molar-refractivity contribution >= 4 is 18.0 Å². The van der Waals surface area contributed by atoms with E-state index in [0.29, 0.717) is 11.3 Å². The third kappa shape index (κ3) is 5.40. The molecule has 1 saturated heterocycles. The third-order valence-corrected chi connectivity index (χ3v) is 5.63. The number of methoxy groups -OCH3 is 2. The molecule has 2 aliphatic rings. The van der Waals surface area contributed by atoms with Gasteiger partial charge in [-0.15, -0.1) is 0 Å². The summed E-state index contributed by atoms with van der Waals surface area (Å²) in [6.07, 6.45) is -0.289. The van der Waals surface area contributed by atoms with Gasteiger partial charge in [0.25, 0.3) is 0 Å². The molecule has 1 amide bonds.